The van der Waals surface area contributed by atoms with Gasteiger partial charge in [0.15, 0.2) is 11.6 Å². The molecule has 0 amide bonds. The highest BCUT2D eigenvalue weighted by Gasteiger charge is 2.03. The molecule has 2 rings (SSSR count). The lowest BCUT2D eigenvalue weighted by Crippen LogP contribution is -2.08. The van der Waals surface area contributed by atoms with Crippen LogP contribution < -0.4 is 16.0 Å². The zero-order valence-corrected chi connectivity index (χ0v) is 9.36. The summed E-state index contributed by atoms with van der Waals surface area (Å²) in [5, 5.41) is 0. The zero-order chi connectivity index (χ0) is 13.0. The highest BCUT2D eigenvalue weighted by molar-refractivity contribution is 5.33. The van der Waals surface area contributed by atoms with Crippen molar-refractivity contribution >= 4 is 5.82 Å². The molecule has 2 aromatic rings. The highest BCUT2D eigenvalue weighted by atomic mass is 19.2. The van der Waals surface area contributed by atoms with Crippen LogP contribution >= 0.6 is 0 Å². The van der Waals surface area contributed by atoms with Crippen molar-refractivity contribution in [2.75, 3.05) is 5.43 Å². The molecule has 3 N–H and O–H groups in total. The Morgan fingerprint density at radius 3 is 2.61 bits per heavy atom. The number of hydrogen-bond donors (Lipinski definition) is 2. The average Bonchev–Trinajstić information content (AvgIpc) is 2.41. The molecule has 1 heterocycles. The minimum absolute atomic E-state index is 0.211. The smallest absolute Gasteiger partial charge is 0.162 e. The molecular weight excluding hydrogens is 240 g/mol. The van der Waals surface area contributed by atoms with Crippen LogP contribution in [0.1, 0.15) is 5.56 Å². The lowest BCUT2D eigenvalue weighted by atomic mass is 10.3. The quantitative estimate of drug-likeness (QED) is 0.646. The van der Waals surface area contributed by atoms with Crippen LogP contribution in [-0.4, -0.2) is 4.98 Å². The molecule has 1 aromatic heterocycles. The van der Waals surface area contributed by atoms with Gasteiger partial charge in [-0.2, -0.15) is 0 Å². The fourth-order valence-corrected chi connectivity index (χ4v) is 1.33. The first-order valence-electron chi connectivity index (χ1n) is 5.18. The number of nitrogens with one attached hydrogen (secondary N) is 1. The molecule has 18 heavy (non-hydrogen) atoms. The van der Waals surface area contributed by atoms with Crippen LogP contribution in [0.25, 0.3) is 0 Å². The van der Waals surface area contributed by atoms with E-state index in [0.29, 0.717) is 5.82 Å². The van der Waals surface area contributed by atoms with Crippen LogP contribution in [0.15, 0.2) is 36.5 Å². The number of ether oxygens (including phenoxy) is 1. The van der Waals surface area contributed by atoms with Gasteiger partial charge in [-0.25, -0.2) is 19.6 Å². The molecule has 0 fully saturated rings. The van der Waals surface area contributed by atoms with E-state index in [1.54, 1.807) is 18.3 Å². The molecule has 0 unspecified atom stereocenters. The first-order chi connectivity index (χ1) is 8.69. The number of benzene rings is 1. The molecule has 94 valence electrons. The Morgan fingerprint density at radius 1 is 1.17 bits per heavy atom. The molecule has 0 aliphatic heterocycles. The molecule has 0 saturated carbocycles. The van der Waals surface area contributed by atoms with Crippen LogP contribution in [0, 0.1) is 11.6 Å². The van der Waals surface area contributed by atoms with E-state index in [1.807, 2.05) is 0 Å². The largest absolute Gasteiger partial charge is 0.489 e. The van der Waals surface area contributed by atoms with Gasteiger partial charge in [0, 0.05) is 17.8 Å². The van der Waals surface area contributed by atoms with Crippen molar-refractivity contribution in [3.05, 3.63) is 53.7 Å². The van der Waals surface area contributed by atoms with Gasteiger partial charge in [0.1, 0.15) is 18.2 Å². The minimum Gasteiger partial charge on any atom is -0.489 e. The zero-order valence-electron chi connectivity index (χ0n) is 9.36. The van der Waals surface area contributed by atoms with Crippen molar-refractivity contribution in [1.29, 1.82) is 0 Å². The molecule has 4 nitrogen and oxygen atoms in total. The topological polar surface area (TPSA) is 60.2 Å². The molecule has 0 saturated heterocycles. The Morgan fingerprint density at radius 2 is 2.00 bits per heavy atom. The fourth-order valence-electron chi connectivity index (χ4n) is 1.33. The van der Waals surface area contributed by atoms with Crippen molar-refractivity contribution in [1.82, 2.24) is 4.98 Å². The number of pyridine rings is 1. The van der Waals surface area contributed by atoms with Crippen molar-refractivity contribution in [2.45, 2.75) is 6.61 Å². The Balaban J connectivity index is 1.99. The summed E-state index contributed by atoms with van der Waals surface area (Å²) >= 11 is 0. The predicted molar refractivity (Wildman–Crippen MR) is 62.7 cm³/mol. The van der Waals surface area contributed by atoms with E-state index in [2.05, 4.69) is 10.4 Å². The molecule has 0 spiro atoms. The molecular formula is C12H11F2N3O. The number of hydrazine groups is 1. The van der Waals surface area contributed by atoms with E-state index in [0.717, 1.165) is 17.7 Å². The van der Waals surface area contributed by atoms with Crippen molar-refractivity contribution < 1.29 is 13.5 Å². The predicted octanol–water partition coefficient (Wildman–Crippen LogP) is 2.22. The maximum absolute atomic E-state index is 12.9. The van der Waals surface area contributed by atoms with Crippen LogP contribution in [-0.2, 0) is 6.61 Å². The Bertz CT molecular complexity index is 531. The lowest BCUT2D eigenvalue weighted by molar-refractivity contribution is 0.303. The molecule has 0 atom stereocenters. The average molecular weight is 251 g/mol. The van der Waals surface area contributed by atoms with E-state index >= 15 is 0 Å². The van der Waals surface area contributed by atoms with Gasteiger partial charge in [0.2, 0.25) is 0 Å². The second kappa shape index (κ2) is 5.42. The van der Waals surface area contributed by atoms with Gasteiger partial charge in [0.05, 0.1) is 0 Å². The number of nitrogens with zero attached hydrogens (tertiary/aromatic N) is 1. The summed E-state index contributed by atoms with van der Waals surface area (Å²) < 4.78 is 30.9. The summed E-state index contributed by atoms with van der Waals surface area (Å²) in [7, 11) is 0. The van der Waals surface area contributed by atoms with Gasteiger partial charge in [-0.15, -0.1) is 0 Å². The van der Waals surface area contributed by atoms with Crippen LogP contribution in [0.3, 0.4) is 0 Å². The summed E-state index contributed by atoms with van der Waals surface area (Å²) in [5.74, 6) is 4.13. The van der Waals surface area contributed by atoms with E-state index in [9.17, 15) is 8.78 Å². The summed E-state index contributed by atoms with van der Waals surface area (Å²) in [6.45, 7) is 0.211. The Labute approximate surface area is 102 Å². The Hall–Kier alpha value is -2.21. The first kappa shape index (κ1) is 12.3. The third-order valence-electron chi connectivity index (χ3n) is 2.27. The van der Waals surface area contributed by atoms with Gasteiger partial charge < -0.3 is 10.2 Å². The molecule has 0 aliphatic rings. The first-order valence-corrected chi connectivity index (χ1v) is 5.18. The van der Waals surface area contributed by atoms with Crippen molar-refractivity contribution in [3.63, 3.8) is 0 Å². The summed E-state index contributed by atoms with van der Waals surface area (Å²) in [5.41, 5.74) is 3.19. The van der Waals surface area contributed by atoms with Gasteiger partial charge in [-0.1, -0.05) is 6.07 Å². The van der Waals surface area contributed by atoms with E-state index < -0.39 is 11.6 Å². The summed E-state index contributed by atoms with van der Waals surface area (Å²) in [6.07, 6.45) is 1.58. The second-order valence-electron chi connectivity index (χ2n) is 3.56. The van der Waals surface area contributed by atoms with Gasteiger partial charge in [-0.05, 0) is 18.2 Å². The molecule has 6 heteroatoms. The number of anilines is 1. The summed E-state index contributed by atoms with van der Waals surface area (Å²) in [6, 6.07) is 6.83. The molecule has 1 aromatic carbocycles. The van der Waals surface area contributed by atoms with Crippen LogP contribution in [0.4, 0.5) is 14.6 Å². The normalized spacial score (nSPS) is 10.2. The number of nitrogen functional groups attached to an aromatic ring is 1. The highest BCUT2D eigenvalue weighted by Crippen LogP contribution is 2.16. The van der Waals surface area contributed by atoms with Crippen LogP contribution in [0.5, 0.6) is 5.75 Å². The number of aromatic nitrogens is 1. The third-order valence-corrected chi connectivity index (χ3v) is 2.27. The number of nitrogens with two attached hydrogens (primary N) is 1. The van der Waals surface area contributed by atoms with E-state index in [4.69, 9.17) is 10.6 Å². The van der Waals surface area contributed by atoms with E-state index in [1.165, 1.54) is 6.07 Å². The van der Waals surface area contributed by atoms with E-state index in [-0.39, 0.29) is 12.4 Å². The molecule has 0 aliphatic carbocycles. The molecule has 0 radical (unpaired) electrons. The maximum atomic E-state index is 12.9. The minimum atomic E-state index is -0.937. The maximum Gasteiger partial charge on any atom is 0.162 e. The lowest BCUT2D eigenvalue weighted by Gasteiger charge is -2.07. The SMILES string of the molecule is NNc1ccc(COc2ccc(F)c(F)c2)cn1. The fraction of sp³-hybridized carbons (Fsp3) is 0.0833. The number of halogens is 2. The number of rotatable bonds is 4. The summed E-state index contributed by atoms with van der Waals surface area (Å²) in [4.78, 5) is 3.99. The van der Waals surface area contributed by atoms with Crippen LogP contribution in [0.2, 0.25) is 0 Å². The monoisotopic (exact) mass is 251 g/mol. The van der Waals surface area contributed by atoms with Gasteiger partial charge in [0.25, 0.3) is 0 Å². The van der Waals surface area contributed by atoms with Crippen molar-refractivity contribution in [2.24, 2.45) is 5.84 Å². The Kier molecular flexibility index (Phi) is 3.69. The number of hydrogen-bond acceptors (Lipinski definition) is 4. The van der Waals surface area contributed by atoms with Gasteiger partial charge >= 0.3 is 0 Å². The van der Waals surface area contributed by atoms with Gasteiger partial charge in [-0.3, -0.25) is 0 Å². The molecule has 0 bridgehead atoms. The van der Waals surface area contributed by atoms with Crippen molar-refractivity contribution in [3.8, 4) is 5.75 Å². The third kappa shape index (κ3) is 2.92. The second-order valence-corrected chi connectivity index (χ2v) is 3.56. The standard InChI is InChI=1S/C12H11F2N3O/c13-10-3-2-9(5-11(10)14)18-7-8-1-4-12(17-15)16-6-8/h1-6H,7,15H2,(H,16,17).